The molecule has 0 amide bonds. The van der Waals surface area contributed by atoms with Crippen LogP contribution in [0.15, 0.2) is 6.33 Å². The molecule has 9 heteroatoms. The Labute approximate surface area is 143 Å². The van der Waals surface area contributed by atoms with Crippen LogP contribution in [0.3, 0.4) is 0 Å². The summed E-state index contributed by atoms with van der Waals surface area (Å²) in [5.74, 6) is 0. The highest BCUT2D eigenvalue weighted by Gasteiger charge is 2.48. The molecule has 128 valence electrons. The number of nitriles is 1. The molecule has 2 heterocycles. The molecule has 7 nitrogen and oxygen atoms in total. The third-order valence-electron chi connectivity index (χ3n) is 4.69. The maximum Gasteiger partial charge on any atom is 0.312 e. The molecule has 0 spiro atoms. The molecule has 0 aromatic carbocycles. The van der Waals surface area contributed by atoms with Crippen molar-refractivity contribution in [2.75, 3.05) is 13.9 Å². The number of fused-ring (bicyclic) bond motifs is 1. The van der Waals surface area contributed by atoms with E-state index in [2.05, 4.69) is 21.0 Å². The molecule has 1 saturated carbocycles. The van der Waals surface area contributed by atoms with Crippen LogP contribution in [0.25, 0.3) is 11.2 Å². The second-order valence-electron chi connectivity index (χ2n) is 5.88. The smallest absolute Gasteiger partial charge is 0.312 e. The van der Waals surface area contributed by atoms with Gasteiger partial charge >= 0.3 is 6.08 Å². The Kier molecular flexibility index (Phi) is 4.67. The van der Waals surface area contributed by atoms with Crippen LogP contribution in [0, 0.1) is 22.8 Å². The Bertz CT molecular complexity index is 792. The van der Waals surface area contributed by atoms with Crippen molar-refractivity contribution < 1.29 is 13.9 Å². The summed E-state index contributed by atoms with van der Waals surface area (Å²) in [7, 11) is 1.54. The molecule has 0 radical (unpaired) electrons. The van der Waals surface area contributed by atoms with Crippen LogP contribution in [0.4, 0.5) is 4.39 Å². The van der Waals surface area contributed by atoms with E-state index in [1.54, 1.807) is 10.9 Å². The van der Waals surface area contributed by atoms with Gasteiger partial charge in [0.1, 0.15) is 12.3 Å². The summed E-state index contributed by atoms with van der Waals surface area (Å²) in [4.78, 5) is 11.5. The minimum absolute atomic E-state index is 0.0246. The van der Waals surface area contributed by atoms with Gasteiger partial charge in [0.05, 0.1) is 23.9 Å². The van der Waals surface area contributed by atoms with E-state index in [-0.39, 0.29) is 24.1 Å². The zero-order valence-corrected chi connectivity index (χ0v) is 14.1. The van der Waals surface area contributed by atoms with Crippen molar-refractivity contribution in [1.82, 2.24) is 19.5 Å². The van der Waals surface area contributed by atoms with Gasteiger partial charge < -0.3 is 14.0 Å². The van der Waals surface area contributed by atoms with Crippen LogP contribution < -0.4 is 0 Å². The predicted molar refractivity (Wildman–Crippen MR) is 83.6 cm³/mol. The summed E-state index contributed by atoms with van der Waals surface area (Å²) in [6, 6.07) is 2.31. The number of ether oxygens (including phenoxy) is 2. The minimum Gasteiger partial charge on any atom is -0.359 e. The van der Waals surface area contributed by atoms with Crippen LogP contribution in [-0.2, 0) is 9.47 Å². The fourth-order valence-corrected chi connectivity index (χ4v) is 3.59. The van der Waals surface area contributed by atoms with Crippen molar-refractivity contribution in [3.63, 3.8) is 0 Å². The predicted octanol–water partition coefficient (Wildman–Crippen LogP) is 2.86. The molecule has 1 aliphatic carbocycles. The van der Waals surface area contributed by atoms with Gasteiger partial charge in [-0.3, -0.25) is 0 Å². The molecule has 1 fully saturated rings. The van der Waals surface area contributed by atoms with E-state index in [0.29, 0.717) is 30.4 Å². The lowest BCUT2D eigenvalue weighted by Gasteiger charge is -2.26. The molecule has 2 aromatic rings. The summed E-state index contributed by atoms with van der Waals surface area (Å²) in [5, 5.41) is 9.68. The average molecular weight is 354 g/mol. The molecule has 3 atom stereocenters. The van der Waals surface area contributed by atoms with E-state index in [9.17, 15) is 9.65 Å². The quantitative estimate of drug-likeness (QED) is 0.466. The lowest BCUT2D eigenvalue weighted by Crippen LogP contribution is -2.30. The van der Waals surface area contributed by atoms with Crippen molar-refractivity contribution >= 4 is 22.8 Å². The van der Waals surface area contributed by atoms with Gasteiger partial charge in [0, 0.05) is 13.2 Å². The Morgan fingerprint density at radius 1 is 1.54 bits per heavy atom. The van der Waals surface area contributed by atoms with Gasteiger partial charge in [-0.15, -0.1) is 0 Å². The second kappa shape index (κ2) is 6.59. The highest BCUT2D eigenvalue weighted by atomic mass is 35.5. The van der Waals surface area contributed by atoms with Crippen LogP contribution in [0.1, 0.15) is 32.2 Å². The fourth-order valence-electron chi connectivity index (χ4n) is 3.39. The Balaban J connectivity index is 1.98. The van der Waals surface area contributed by atoms with Crippen molar-refractivity contribution in [1.29, 1.82) is 5.26 Å². The molecule has 0 unspecified atom stereocenters. The van der Waals surface area contributed by atoms with Gasteiger partial charge in [0.2, 0.25) is 0 Å². The molecule has 24 heavy (non-hydrogen) atoms. The molecule has 0 N–H and O–H groups in total. The Morgan fingerprint density at radius 3 is 3.00 bits per heavy atom. The molecular weight excluding hydrogens is 337 g/mol. The molecule has 3 rings (SSSR count). The Morgan fingerprint density at radius 2 is 2.33 bits per heavy atom. The molecule has 1 aliphatic rings. The van der Waals surface area contributed by atoms with Crippen LogP contribution in [-0.4, -0.2) is 39.5 Å². The Hall–Kier alpha value is -1.82. The number of aromatic nitrogens is 4. The van der Waals surface area contributed by atoms with Gasteiger partial charge in [-0.2, -0.15) is 19.6 Å². The zero-order chi connectivity index (χ0) is 17.3. The van der Waals surface area contributed by atoms with Crippen molar-refractivity contribution in [2.45, 2.75) is 38.3 Å². The maximum atomic E-state index is 13.5. The van der Waals surface area contributed by atoms with Gasteiger partial charge in [0.15, 0.2) is 10.8 Å². The van der Waals surface area contributed by atoms with E-state index in [1.165, 1.54) is 7.11 Å². The third kappa shape index (κ3) is 2.73. The average Bonchev–Trinajstić information content (AvgIpc) is 3.14. The molecule has 0 aliphatic heterocycles. The van der Waals surface area contributed by atoms with E-state index in [1.807, 2.05) is 6.92 Å². The lowest BCUT2D eigenvalue weighted by atomic mass is 9.83. The van der Waals surface area contributed by atoms with E-state index in [0.717, 1.165) is 0 Å². The monoisotopic (exact) mass is 353 g/mol. The number of hydrogen-bond acceptors (Lipinski definition) is 6. The third-order valence-corrected chi connectivity index (χ3v) is 4.95. The summed E-state index contributed by atoms with van der Waals surface area (Å²) >= 11 is 5.93. The zero-order valence-electron chi connectivity index (χ0n) is 13.4. The van der Waals surface area contributed by atoms with Gasteiger partial charge in [0.25, 0.3) is 0 Å². The van der Waals surface area contributed by atoms with Crippen LogP contribution >= 0.6 is 11.6 Å². The SMILES string of the molecule is CC[C@@]1(C#N)C[C@@H](n2cnc3c(Cl)nc(F)nc32)C[C@@H]1OCOC. The molecule has 0 saturated heterocycles. The molecular formula is C15H17ClFN5O2. The normalized spacial score (nSPS) is 26.8. The van der Waals surface area contributed by atoms with Crippen molar-refractivity contribution in [2.24, 2.45) is 5.41 Å². The van der Waals surface area contributed by atoms with E-state index < -0.39 is 11.5 Å². The number of rotatable bonds is 5. The fraction of sp³-hybridized carbons (Fsp3) is 0.600. The number of nitrogens with zero attached hydrogens (tertiary/aromatic N) is 5. The second-order valence-corrected chi connectivity index (χ2v) is 6.24. The largest absolute Gasteiger partial charge is 0.359 e. The first-order valence-corrected chi connectivity index (χ1v) is 7.99. The first-order valence-electron chi connectivity index (χ1n) is 7.62. The summed E-state index contributed by atoms with van der Waals surface area (Å²) in [6.45, 7) is 2.08. The van der Waals surface area contributed by atoms with Gasteiger partial charge in [-0.25, -0.2) is 4.98 Å². The number of hydrogen-bond donors (Lipinski definition) is 0. The van der Waals surface area contributed by atoms with Crippen LogP contribution in [0.2, 0.25) is 5.15 Å². The van der Waals surface area contributed by atoms with E-state index in [4.69, 9.17) is 21.1 Å². The summed E-state index contributed by atoms with van der Waals surface area (Å²) in [5.41, 5.74) is 0.0426. The van der Waals surface area contributed by atoms with Gasteiger partial charge in [-0.1, -0.05) is 18.5 Å². The molecule has 0 bridgehead atoms. The lowest BCUT2D eigenvalue weighted by molar-refractivity contribution is -0.0968. The highest BCUT2D eigenvalue weighted by Crippen LogP contribution is 2.48. The number of imidazole rings is 1. The summed E-state index contributed by atoms with van der Waals surface area (Å²) in [6.07, 6.45) is 2.16. The standard InChI is InChI=1S/C15H17ClFN5O2/c1-3-15(6-18)5-9(4-10(15)24-8-23-2)22-7-19-11-12(16)20-14(17)21-13(11)22/h7,9-10H,3-5,8H2,1-2H3/t9-,10-,15-/m0/s1. The van der Waals surface area contributed by atoms with Crippen molar-refractivity contribution in [3.8, 4) is 6.07 Å². The number of methoxy groups -OCH3 is 1. The minimum atomic E-state index is -0.901. The first-order chi connectivity index (χ1) is 11.5. The maximum absolute atomic E-state index is 13.5. The van der Waals surface area contributed by atoms with E-state index >= 15 is 0 Å². The van der Waals surface area contributed by atoms with Gasteiger partial charge in [-0.05, 0) is 19.3 Å². The van der Waals surface area contributed by atoms with Crippen molar-refractivity contribution in [3.05, 3.63) is 17.6 Å². The topological polar surface area (TPSA) is 85.9 Å². The molecule has 2 aromatic heterocycles. The summed E-state index contributed by atoms with van der Waals surface area (Å²) < 4.78 is 26.0. The van der Waals surface area contributed by atoms with Crippen LogP contribution in [0.5, 0.6) is 0 Å². The number of halogens is 2. The first kappa shape index (κ1) is 17.0. The highest BCUT2D eigenvalue weighted by molar-refractivity contribution is 6.33.